The molecule has 11 heteroatoms. The number of nitrogens with zero attached hydrogens (tertiary/aromatic N) is 3. The van der Waals surface area contributed by atoms with E-state index in [-0.39, 0.29) is 35.5 Å². The van der Waals surface area contributed by atoms with Crippen LogP contribution in [0.25, 0.3) is 10.2 Å². The smallest absolute Gasteiger partial charge is 0.270 e. The highest BCUT2D eigenvalue weighted by Crippen LogP contribution is 2.31. The summed E-state index contributed by atoms with van der Waals surface area (Å²) in [6.45, 7) is 5.95. The zero-order valence-corrected chi connectivity index (χ0v) is 20.1. The second-order valence-electron chi connectivity index (χ2n) is 8.32. The predicted octanol–water partition coefficient (Wildman–Crippen LogP) is 4.17. The van der Waals surface area contributed by atoms with Gasteiger partial charge in [0, 0.05) is 31.1 Å². The summed E-state index contributed by atoms with van der Waals surface area (Å²) >= 11 is 1.42. The number of piperidine rings is 1. The van der Waals surface area contributed by atoms with Crippen LogP contribution in [0.4, 0.5) is 10.8 Å². The highest BCUT2D eigenvalue weighted by atomic mass is 32.2. The Labute approximate surface area is 195 Å². The largest absolute Gasteiger partial charge is 0.302 e. The van der Waals surface area contributed by atoms with Gasteiger partial charge in [0.15, 0.2) is 5.13 Å². The van der Waals surface area contributed by atoms with Crippen molar-refractivity contribution in [3.63, 3.8) is 0 Å². The summed E-state index contributed by atoms with van der Waals surface area (Å²) in [7, 11) is -3.90. The molecule has 0 aliphatic carbocycles. The molecule has 0 atom stereocenters. The van der Waals surface area contributed by atoms with Gasteiger partial charge in [0.25, 0.3) is 5.69 Å². The number of carbonyl (C=O) groups is 1. The maximum absolute atomic E-state index is 13.1. The van der Waals surface area contributed by atoms with E-state index in [1.54, 1.807) is 6.92 Å². The van der Waals surface area contributed by atoms with E-state index < -0.39 is 14.9 Å². The Morgan fingerprint density at radius 2 is 1.85 bits per heavy atom. The fraction of sp³-hybridized carbons (Fsp3) is 0.364. The first kappa shape index (κ1) is 23.3. The van der Waals surface area contributed by atoms with Crippen molar-refractivity contribution in [3.05, 3.63) is 57.1 Å². The van der Waals surface area contributed by atoms with Crippen LogP contribution < -0.4 is 5.32 Å². The number of amides is 1. The summed E-state index contributed by atoms with van der Waals surface area (Å²) in [5.74, 6) is -0.510. The van der Waals surface area contributed by atoms with Gasteiger partial charge in [0.1, 0.15) is 0 Å². The van der Waals surface area contributed by atoms with Gasteiger partial charge in [-0.2, -0.15) is 4.31 Å². The molecule has 1 fully saturated rings. The van der Waals surface area contributed by atoms with Gasteiger partial charge in [0.2, 0.25) is 15.9 Å². The topological polar surface area (TPSA) is 123 Å². The second kappa shape index (κ2) is 8.81. The first-order valence-electron chi connectivity index (χ1n) is 10.5. The lowest BCUT2D eigenvalue weighted by Crippen LogP contribution is -2.41. The lowest BCUT2D eigenvalue weighted by molar-refractivity contribution is -0.385. The Kier molecular flexibility index (Phi) is 6.21. The summed E-state index contributed by atoms with van der Waals surface area (Å²) < 4.78 is 28.5. The Morgan fingerprint density at radius 1 is 1.15 bits per heavy atom. The number of fused-ring (bicyclic) bond motifs is 1. The van der Waals surface area contributed by atoms with Crippen molar-refractivity contribution in [2.24, 2.45) is 5.92 Å². The molecule has 33 heavy (non-hydrogen) atoms. The first-order valence-corrected chi connectivity index (χ1v) is 12.8. The molecule has 2 aromatic carbocycles. The van der Waals surface area contributed by atoms with Gasteiger partial charge in [-0.1, -0.05) is 23.5 Å². The van der Waals surface area contributed by atoms with Gasteiger partial charge in [-0.05, 0) is 56.4 Å². The molecule has 174 valence electrons. The molecule has 1 saturated heterocycles. The summed E-state index contributed by atoms with van der Waals surface area (Å²) in [5.41, 5.74) is 3.23. The second-order valence-corrected chi connectivity index (χ2v) is 11.3. The van der Waals surface area contributed by atoms with Gasteiger partial charge in [-0.3, -0.25) is 14.9 Å². The van der Waals surface area contributed by atoms with Crippen LogP contribution in [-0.2, 0) is 14.8 Å². The number of aromatic nitrogens is 1. The van der Waals surface area contributed by atoms with Crippen LogP contribution in [0.1, 0.15) is 29.5 Å². The molecule has 0 bridgehead atoms. The van der Waals surface area contributed by atoms with E-state index in [0.717, 1.165) is 27.4 Å². The molecule has 0 radical (unpaired) electrons. The SMILES string of the molecule is Cc1cc(C)c2nc(NC(=O)C3CCN(S(=O)(=O)c4cc([N+](=O)[O-])ccc4C)CC3)sc2c1. The molecule has 0 unspecified atom stereocenters. The van der Waals surface area contributed by atoms with Crippen LogP contribution >= 0.6 is 11.3 Å². The number of hydrogen-bond donors (Lipinski definition) is 1. The number of benzene rings is 2. The van der Waals surface area contributed by atoms with E-state index in [1.807, 2.05) is 26.0 Å². The standard InChI is InChI=1S/C22H24N4O5S2/c1-13-10-15(3)20-18(11-13)32-22(23-20)24-21(27)16-6-8-25(9-7-16)33(30,31)19-12-17(26(28)29)5-4-14(19)2/h4-5,10-12,16H,6-9H2,1-3H3,(H,23,24,27). The van der Waals surface area contributed by atoms with Crippen molar-refractivity contribution in [2.45, 2.75) is 38.5 Å². The number of rotatable bonds is 5. The molecule has 1 amide bonds. The van der Waals surface area contributed by atoms with Gasteiger partial charge >= 0.3 is 0 Å². The van der Waals surface area contributed by atoms with E-state index in [9.17, 15) is 23.3 Å². The molecular formula is C22H24N4O5S2. The minimum Gasteiger partial charge on any atom is -0.302 e. The van der Waals surface area contributed by atoms with Crippen molar-refractivity contribution in [2.75, 3.05) is 18.4 Å². The number of non-ortho nitro benzene ring substituents is 1. The number of aryl methyl sites for hydroxylation is 3. The average molecular weight is 489 g/mol. The highest BCUT2D eigenvalue weighted by molar-refractivity contribution is 7.89. The third kappa shape index (κ3) is 4.61. The normalized spacial score (nSPS) is 15.6. The minimum absolute atomic E-state index is 0.0697. The molecule has 1 aliphatic rings. The Bertz CT molecular complexity index is 1360. The van der Waals surface area contributed by atoms with Crippen LogP contribution in [0.15, 0.2) is 35.2 Å². The van der Waals surface area contributed by atoms with Gasteiger partial charge in [-0.25, -0.2) is 13.4 Å². The van der Waals surface area contributed by atoms with E-state index in [2.05, 4.69) is 10.3 Å². The summed E-state index contributed by atoms with van der Waals surface area (Å²) in [5, 5.41) is 14.5. The van der Waals surface area contributed by atoms with E-state index in [4.69, 9.17) is 0 Å². The van der Waals surface area contributed by atoms with Crippen molar-refractivity contribution in [1.29, 1.82) is 0 Å². The van der Waals surface area contributed by atoms with Gasteiger partial charge < -0.3 is 5.32 Å². The van der Waals surface area contributed by atoms with Crippen molar-refractivity contribution in [3.8, 4) is 0 Å². The number of nitrogens with one attached hydrogen (secondary N) is 1. The molecule has 1 aliphatic heterocycles. The average Bonchev–Trinajstić information content (AvgIpc) is 3.16. The molecule has 4 rings (SSSR count). The van der Waals surface area contributed by atoms with Gasteiger partial charge in [0.05, 0.1) is 20.0 Å². The number of anilines is 1. The van der Waals surface area contributed by atoms with Crippen LogP contribution in [0.2, 0.25) is 0 Å². The molecule has 1 aromatic heterocycles. The molecule has 0 saturated carbocycles. The van der Waals surface area contributed by atoms with E-state index >= 15 is 0 Å². The molecule has 3 aromatic rings. The maximum atomic E-state index is 13.1. The fourth-order valence-corrected chi connectivity index (χ4v) is 6.87. The number of nitro groups is 1. The number of carbonyl (C=O) groups excluding carboxylic acids is 1. The summed E-state index contributed by atoms with van der Waals surface area (Å²) in [6, 6.07) is 7.91. The molecule has 9 nitrogen and oxygen atoms in total. The maximum Gasteiger partial charge on any atom is 0.270 e. The molecular weight excluding hydrogens is 464 g/mol. The van der Waals surface area contributed by atoms with Gasteiger partial charge in [-0.15, -0.1) is 0 Å². The third-order valence-corrected chi connectivity index (χ3v) is 8.84. The first-order chi connectivity index (χ1) is 15.6. The van der Waals surface area contributed by atoms with E-state index in [1.165, 1.54) is 27.8 Å². The Balaban J connectivity index is 1.44. The molecule has 2 heterocycles. The zero-order valence-electron chi connectivity index (χ0n) is 18.5. The van der Waals surface area contributed by atoms with Crippen LogP contribution in [0, 0.1) is 36.8 Å². The number of hydrogen-bond acceptors (Lipinski definition) is 7. The monoisotopic (exact) mass is 488 g/mol. The van der Waals surface area contributed by atoms with Crippen LogP contribution in [-0.4, -0.2) is 41.6 Å². The van der Waals surface area contributed by atoms with Crippen LogP contribution in [0.3, 0.4) is 0 Å². The third-order valence-electron chi connectivity index (χ3n) is 5.89. The minimum atomic E-state index is -3.90. The zero-order chi connectivity index (χ0) is 23.9. The molecule has 1 N–H and O–H groups in total. The highest BCUT2D eigenvalue weighted by Gasteiger charge is 2.34. The number of nitro benzene ring substituents is 1. The Hall–Kier alpha value is -2.89. The van der Waals surface area contributed by atoms with Crippen LogP contribution in [0.5, 0.6) is 0 Å². The Morgan fingerprint density at radius 3 is 2.52 bits per heavy atom. The van der Waals surface area contributed by atoms with Crippen molar-refractivity contribution in [1.82, 2.24) is 9.29 Å². The quantitative estimate of drug-likeness (QED) is 0.425. The lowest BCUT2D eigenvalue weighted by atomic mass is 9.97. The van der Waals surface area contributed by atoms with E-state index in [0.29, 0.717) is 23.5 Å². The lowest BCUT2D eigenvalue weighted by Gasteiger charge is -2.30. The molecule has 0 spiro atoms. The number of sulfonamides is 1. The summed E-state index contributed by atoms with van der Waals surface area (Å²) in [6.07, 6.45) is 0.726. The van der Waals surface area contributed by atoms with Crippen molar-refractivity contribution >= 4 is 48.3 Å². The fourth-order valence-electron chi connectivity index (χ4n) is 4.11. The van der Waals surface area contributed by atoms with Crippen molar-refractivity contribution < 1.29 is 18.1 Å². The predicted molar refractivity (Wildman–Crippen MR) is 127 cm³/mol. The number of thiazole rings is 1. The summed E-state index contributed by atoms with van der Waals surface area (Å²) in [4.78, 5) is 27.7.